The van der Waals surface area contributed by atoms with Crippen molar-refractivity contribution in [2.24, 2.45) is 0 Å². The maximum absolute atomic E-state index is 14.1. The second-order valence-electron chi connectivity index (χ2n) is 4.34. The maximum atomic E-state index is 14.1. The summed E-state index contributed by atoms with van der Waals surface area (Å²) in [5, 5.41) is 0. The molecule has 0 aromatic rings. The van der Waals surface area contributed by atoms with Crippen LogP contribution in [0.2, 0.25) is 0 Å². The highest BCUT2D eigenvalue weighted by molar-refractivity contribution is 5.67. The van der Waals surface area contributed by atoms with Crippen molar-refractivity contribution in [3.8, 4) is 0 Å². The topological polar surface area (TPSA) is 88.1 Å². The lowest BCUT2D eigenvalue weighted by molar-refractivity contribution is -0.244. The first kappa shape index (κ1) is 16.4. The Balaban J connectivity index is 2.72. The zero-order chi connectivity index (χ0) is 15.3. The van der Waals surface area contributed by atoms with Gasteiger partial charge in [0.15, 0.2) is 6.17 Å². The number of ether oxygens (including phenoxy) is 4. The molecule has 0 bridgehead atoms. The number of alkyl halides is 1. The van der Waals surface area contributed by atoms with Gasteiger partial charge in [-0.25, -0.2) is 4.39 Å². The average molecular weight is 292 g/mol. The molecule has 1 saturated heterocycles. The third-order valence-electron chi connectivity index (χ3n) is 2.53. The molecule has 20 heavy (non-hydrogen) atoms. The van der Waals surface area contributed by atoms with E-state index < -0.39 is 42.6 Å². The highest BCUT2D eigenvalue weighted by atomic mass is 19.1. The molecule has 1 aliphatic heterocycles. The smallest absolute Gasteiger partial charge is 0.304 e. The highest BCUT2D eigenvalue weighted by Gasteiger charge is 2.42. The molecule has 1 unspecified atom stereocenters. The molecule has 1 rings (SSSR count). The molecule has 0 N–H and O–H groups in total. The molecule has 114 valence electrons. The van der Waals surface area contributed by atoms with Gasteiger partial charge in [-0.05, 0) is 0 Å². The number of esters is 3. The van der Waals surface area contributed by atoms with Crippen LogP contribution in [0.25, 0.3) is 0 Å². The predicted octanol–water partition coefficient (Wildman–Crippen LogP) is 0.497. The number of carbonyl (C=O) groups is 3. The lowest BCUT2D eigenvalue weighted by Gasteiger charge is -2.36. The molecule has 0 amide bonds. The van der Waals surface area contributed by atoms with E-state index in [4.69, 9.17) is 14.2 Å². The molecule has 0 aromatic carbocycles. The third kappa shape index (κ3) is 5.12. The van der Waals surface area contributed by atoms with Gasteiger partial charge in [-0.3, -0.25) is 14.4 Å². The zero-order valence-electron chi connectivity index (χ0n) is 11.5. The fraction of sp³-hybridized carbons (Fsp3) is 0.750. The Labute approximate surface area is 115 Å². The summed E-state index contributed by atoms with van der Waals surface area (Å²) in [6.07, 6.45) is -5.13. The summed E-state index contributed by atoms with van der Waals surface area (Å²) in [5.74, 6) is -1.87. The third-order valence-corrected chi connectivity index (χ3v) is 2.53. The first-order valence-electron chi connectivity index (χ1n) is 6.07. The number of halogens is 1. The average Bonchev–Trinajstić information content (AvgIpc) is 2.29. The number of hydrogen-bond acceptors (Lipinski definition) is 7. The summed E-state index contributed by atoms with van der Waals surface area (Å²) in [6.45, 7) is 3.13. The Kier molecular flexibility index (Phi) is 5.87. The first-order chi connectivity index (χ1) is 9.29. The zero-order valence-corrected chi connectivity index (χ0v) is 11.5. The van der Waals surface area contributed by atoms with Crippen LogP contribution >= 0.6 is 0 Å². The Morgan fingerprint density at radius 2 is 1.70 bits per heavy atom. The summed E-state index contributed by atoms with van der Waals surface area (Å²) >= 11 is 0. The second-order valence-corrected chi connectivity index (χ2v) is 4.34. The van der Waals surface area contributed by atoms with Crippen molar-refractivity contribution in [3.05, 3.63) is 0 Å². The lowest BCUT2D eigenvalue weighted by Crippen LogP contribution is -2.50. The molecular formula is C12H17FO7. The molecule has 1 fully saturated rings. The Hall–Kier alpha value is -1.70. The predicted molar refractivity (Wildman–Crippen MR) is 62.1 cm³/mol. The monoisotopic (exact) mass is 292 g/mol. The van der Waals surface area contributed by atoms with E-state index in [2.05, 4.69) is 4.74 Å². The van der Waals surface area contributed by atoms with E-state index in [0.29, 0.717) is 0 Å². The second kappa shape index (κ2) is 7.18. The van der Waals surface area contributed by atoms with E-state index in [-0.39, 0.29) is 13.0 Å². The van der Waals surface area contributed by atoms with Crippen molar-refractivity contribution in [1.82, 2.24) is 0 Å². The van der Waals surface area contributed by atoms with E-state index in [9.17, 15) is 18.8 Å². The molecule has 8 heteroatoms. The van der Waals surface area contributed by atoms with Gasteiger partial charge in [0, 0.05) is 20.8 Å². The van der Waals surface area contributed by atoms with Crippen LogP contribution < -0.4 is 0 Å². The van der Waals surface area contributed by atoms with Crippen LogP contribution in [0, 0.1) is 0 Å². The van der Waals surface area contributed by atoms with Gasteiger partial charge in [0.25, 0.3) is 0 Å². The van der Waals surface area contributed by atoms with Gasteiger partial charge in [-0.1, -0.05) is 0 Å². The highest BCUT2D eigenvalue weighted by Crippen LogP contribution is 2.26. The van der Waals surface area contributed by atoms with Crippen LogP contribution in [0.5, 0.6) is 0 Å². The van der Waals surface area contributed by atoms with Gasteiger partial charge >= 0.3 is 17.9 Å². The van der Waals surface area contributed by atoms with Crippen LogP contribution in [0.1, 0.15) is 27.2 Å². The normalized spacial score (nSPS) is 29.4. The van der Waals surface area contributed by atoms with Crippen molar-refractivity contribution >= 4 is 17.9 Å². The summed E-state index contributed by atoms with van der Waals surface area (Å²) in [4.78, 5) is 32.6. The van der Waals surface area contributed by atoms with E-state index >= 15 is 0 Å². The van der Waals surface area contributed by atoms with Gasteiger partial charge in [0.1, 0.15) is 18.8 Å². The molecule has 7 nitrogen and oxygen atoms in total. The van der Waals surface area contributed by atoms with Gasteiger partial charge in [-0.2, -0.15) is 0 Å². The van der Waals surface area contributed by atoms with Crippen molar-refractivity contribution < 1.29 is 37.7 Å². The minimum absolute atomic E-state index is 0.114. The van der Waals surface area contributed by atoms with Crippen molar-refractivity contribution in [2.45, 2.75) is 51.9 Å². The summed E-state index contributed by atoms with van der Waals surface area (Å²) in [6, 6.07) is 0. The van der Waals surface area contributed by atoms with E-state index in [1.165, 1.54) is 13.8 Å². The quantitative estimate of drug-likeness (QED) is 0.550. The van der Waals surface area contributed by atoms with Crippen molar-refractivity contribution in [3.63, 3.8) is 0 Å². The molecule has 0 radical (unpaired) electrons. The maximum Gasteiger partial charge on any atom is 0.304 e. The lowest BCUT2D eigenvalue weighted by atomic mass is 10.0. The molecule has 4 atom stereocenters. The summed E-state index contributed by atoms with van der Waals surface area (Å²) < 4.78 is 33.6. The van der Waals surface area contributed by atoms with E-state index in [0.717, 1.165) is 6.92 Å². The van der Waals surface area contributed by atoms with Gasteiger partial charge < -0.3 is 18.9 Å². The van der Waals surface area contributed by atoms with Crippen molar-refractivity contribution in [1.29, 1.82) is 0 Å². The number of hydrogen-bond donors (Lipinski definition) is 0. The SMILES string of the molecule is CC(=O)OC[C@H]1OC(OC(C)=O)C[C@@H](OC(C)=O)[C@@H]1F. The van der Waals surface area contributed by atoms with Gasteiger partial charge in [-0.15, -0.1) is 0 Å². The summed E-state index contributed by atoms with van der Waals surface area (Å²) in [5.41, 5.74) is 0. The summed E-state index contributed by atoms with van der Waals surface area (Å²) in [7, 11) is 0. The van der Waals surface area contributed by atoms with Crippen LogP contribution in [0.4, 0.5) is 4.39 Å². The molecule has 1 heterocycles. The number of rotatable bonds is 4. The van der Waals surface area contributed by atoms with Crippen LogP contribution in [-0.4, -0.2) is 49.2 Å². The molecular weight excluding hydrogens is 275 g/mol. The first-order valence-corrected chi connectivity index (χ1v) is 6.07. The minimum Gasteiger partial charge on any atom is -0.463 e. The van der Waals surface area contributed by atoms with Crippen LogP contribution in [0.15, 0.2) is 0 Å². The molecule has 0 aliphatic carbocycles. The molecule has 0 aromatic heterocycles. The van der Waals surface area contributed by atoms with Crippen LogP contribution in [-0.2, 0) is 33.3 Å². The van der Waals surface area contributed by atoms with Crippen molar-refractivity contribution in [2.75, 3.05) is 6.61 Å². The molecule has 0 spiro atoms. The van der Waals surface area contributed by atoms with E-state index in [1.807, 2.05) is 0 Å². The van der Waals surface area contributed by atoms with Crippen LogP contribution in [0.3, 0.4) is 0 Å². The standard InChI is InChI=1S/C12H17FO7/c1-6(14)17-5-10-12(13)9(18-7(2)15)4-11(20-10)19-8(3)16/h9-12H,4-5H2,1-3H3/t9-,10-,11?,12+/m1/s1. The Morgan fingerprint density at radius 3 is 2.20 bits per heavy atom. The molecule has 0 saturated carbocycles. The Bertz CT molecular complexity index is 384. The van der Waals surface area contributed by atoms with Gasteiger partial charge in [0.05, 0.1) is 6.42 Å². The van der Waals surface area contributed by atoms with Gasteiger partial charge in [0.2, 0.25) is 6.29 Å². The minimum atomic E-state index is -1.68. The Morgan fingerprint density at radius 1 is 1.10 bits per heavy atom. The van der Waals surface area contributed by atoms with E-state index in [1.54, 1.807) is 0 Å². The largest absolute Gasteiger partial charge is 0.463 e. The fourth-order valence-corrected chi connectivity index (χ4v) is 1.80. The fourth-order valence-electron chi connectivity index (χ4n) is 1.80. The number of carbonyl (C=O) groups excluding carboxylic acids is 3. The molecule has 1 aliphatic rings.